The lowest BCUT2D eigenvalue weighted by Gasteiger charge is -2.33. The maximum Gasteiger partial charge on any atom is 0.274 e. The average Bonchev–Trinajstić information content (AvgIpc) is 3.42. The maximum atomic E-state index is 13.2. The van der Waals surface area contributed by atoms with Crippen LogP contribution >= 0.6 is 0 Å². The Bertz CT molecular complexity index is 1090. The number of amides is 2. The SMILES string of the molecule is CN(C(=O)c1n[nH]c2c1CN(C(=O)c1cc3ccccc3[nH]1)CC2)[C@H]1CC[C@@H](O)CC1. The van der Waals surface area contributed by atoms with Gasteiger partial charge in [-0.15, -0.1) is 0 Å². The summed E-state index contributed by atoms with van der Waals surface area (Å²) in [5, 5.41) is 18.1. The van der Waals surface area contributed by atoms with Crippen LogP contribution in [0.2, 0.25) is 0 Å². The van der Waals surface area contributed by atoms with Crippen LogP contribution in [0.25, 0.3) is 10.9 Å². The summed E-state index contributed by atoms with van der Waals surface area (Å²) in [4.78, 5) is 33.1. The van der Waals surface area contributed by atoms with Crippen molar-refractivity contribution in [2.45, 2.75) is 50.8 Å². The van der Waals surface area contributed by atoms with Gasteiger partial charge in [-0.1, -0.05) is 18.2 Å². The summed E-state index contributed by atoms with van der Waals surface area (Å²) < 4.78 is 0. The van der Waals surface area contributed by atoms with Crippen molar-refractivity contribution < 1.29 is 14.7 Å². The van der Waals surface area contributed by atoms with Crippen LogP contribution < -0.4 is 0 Å². The van der Waals surface area contributed by atoms with Gasteiger partial charge in [-0.2, -0.15) is 5.10 Å². The fourth-order valence-corrected chi connectivity index (χ4v) is 4.78. The summed E-state index contributed by atoms with van der Waals surface area (Å²) in [5.41, 5.74) is 3.62. The fourth-order valence-electron chi connectivity index (χ4n) is 4.78. The van der Waals surface area contributed by atoms with Crippen molar-refractivity contribution >= 4 is 22.7 Å². The van der Waals surface area contributed by atoms with Gasteiger partial charge < -0.3 is 19.9 Å². The zero-order valence-corrected chi connectivity index (χ0v) is 17.6. The molecule has 1 aliphatic heterocycles. The molecule has 162 valence electrons. The lowest BCUT2D eigenvalue weighted by atomic mass is 9.92. The number of aromatic nitrogens is 3. The Balaban J connectivity index is 1.34. The van der Waals surface area contributed by atoms with Crippen LogP contribution in [0.4, 0.5) is 0 Å². The zero-order valence-electron chi connectivity index (χ0n) is 17.6. The number of hydrogen-bond acceptors (Lipinski definition) is 4. The first-order valence-electron chi connectivity index (χ1n) is 10.9. The Morgan fingerprint density at radius 1 is 1.19 bits per heavy atom. The predicted molar refractivity (Wildman–Crippen MR) is 116 cm³/mol. The average molecular weight is 422 g/mol. The molecule has 1 saturated carbocycles. The highest BCUT2D eigenvalue weighted by atomic mass is 16.3. The molecule has 1 fully saturated rings. The normalized spacial score (nSPS) is 21.2. The van der Waals surface area contributed by atoms with E-state index in [0.29, 0.717) is 43.7 Å². The van der Waals surface area contributed by atoms with Gasteiger partial charge in [0, 0.05) is 48.2 Å². The number of aliphatic hydroxyl groups excluding tert-OH is 1. The van der Waals surface area contributed by atoms with Crippen LogP contribution in [0, 0.1) is 0 Å². The Kier molecular flexibility index (Phi) is 5.02. The van der Waals surface area contributed by atoms with Gasteiger partial charge in [0.15, 0.2) is 5.69 Å². The van der Waals surface area contributed by atoms with E-state index in [1.165, 1.54) is 0 Å². The largest absolute Gasteiger partial charge is 0.393 e. The number of nitrogens with one attached hydrogen (secondary N) is 2. The lowest BCUT2D eigenvalue weighted by Crippen LogP contribution is -2.41. The zero-order chi connectivity index (χ0) is 21.5. The Hall–Kier alpha value is -3.13. The van der Waals surface area contributed by atoms with Crippen molar-refractivity contribution in [3.63, 3.8) is 0 Å². The van der Waals surface area contributed by atoms with E-state index in [1.807, 2.05) is 37.4 Å². The summed E-state index contributed by atoms with van der Waals surface area (Å²) >= 11 is 0. The van der Waals surface area contributed by atoms with Gasteiger partial charge in [-0.05, 0) is 37.8 Å². The first-order chi connectivity index (χ1) is 15.0. The minimum absolute atomic E-state index is 0.0731. The second kappa shape index (κ2) is 7.85. The van der Waals surface area contributed by atoms with Crippen molar-refractivity contribution in [2.24, 2.45) is 0 Å². The van der Waals surface area contributed by atoms with Crippen molar-refractivity contribution in [1.29, 1.82) is 0 Å². The molecule has 5 rings (SSSR count). The molecule has 3 aromatic rings. The summed E-state index contributed by atoms with van der Waals surface area (Å²) in [5.74, 6) is -0.199. The first kappa shape index (κ1) is 19.8. The molecule has 2 amide bonds. The molecule has 2 aliphatic rings. The van der Waals surface area contributed by atoms with E-state index in [9.17, 15) is 14.7 Å². The number of rotatable bonds is 3. The molecule has 0 atom stereocenters. The van der Waals surface area contributed by atoms with Crippen LogP contribution in [-0.2, 0) is 13.0 Å². The Morgan fingerprint density at radius 3 is 2.74 bits per heavy atom. The summed E-state index contributed by atoms with van der Waals surface area (Å²) in [6, 6.07) is 9.80. The number of fused-ring (bicyclic) bond motifs is 2. The van der Waals surface area contributed by atoms with Gasteiger partial charge in [0.2, 0.25) is 0 Å². The van der Waals surface area contributed by atoms with Crippen molar-refractivity contribution in [3.8, 4) is 0 Å². The molecule has 2 aromatic heterocycles. The van der Waals surface area contributed by atoms with E-state index in [0.717, 1.165) is 35.0 Å². The second-order valence-corrected chi connectivity index (χ2v) is 8.65. The first-order valence-corrected chi connectivity index (χ1v) is 10.9. The highest BCUT2D eigenvalue weighted by Crippen LogP contribution is 2.27. The summed E-state index contributed by atoms with van der Waals surface area (Å²) in [6.07, 6.45) is 3.40. The third-order valence-electron chi connectivity index (χ3n) is 6.72. The molecule has 0 radical (unpaired) electrons. The second-order valence-electron chi connectivity index (χ2n) is 8.65. The van der Waals surface area contributed by atoms with Crippen molar-refractivity contribution in [2.75, 3.05) is 13.6 Å². The summed E-state index contributed by atoms with van der Waals surface area (Å²) in [7, 11) is 1.81. The number of benzene rings is 1. The topological polar surface area (TPSA) is 105 Å². The third-order valence-corrected chi connectivity index (χ3v) is 6.72. The maximum absolute atomic E-state index is 13.2. The van der Waals surface area contributed by atoms with Gasteiger partial charge in [0.05, 0.1) is 12.6 Å². The van der Waals surface area contributed by atoms with Crippen LogP contribution in [0.5, 0.6) is 0 Å². The van der Waals surface area contributed by atoms with Gasteiger partial charge >= 0.3 is 0 Å². The van der Waals surface area contributed by atoms with Crippen molar-refractivity contribution in [1.82, 2.24) is 25.0 Å². The Morgan fingerprint density at radius 2 is 1.97 bits per heavy atom. The van der Waals surface area contributed by atoms with Crippen LogP contribution in [-0.4, -0.2) is 67.6 Å². The van der Waals surface area contributed by atoms with E-state index < -0.39 is 0 Å². The Labute approximate surface area is 180 Å². The number of nitrogens with zero attached hydrogens (tertiary/aromatic N) is 3. The van der Waals surface area contributed by atoms with E-state index in [1.54, 1.807) is 9.80 Å². The number of H-pyrrole nitrogens is 2. The standard InChI is InChI=1S/C23H27N5O3/c1-27(15-6-8-16(29)9-7-15)23(31)21-17-13-28(11-10-19(17)25-26-21)22(30)20-12-14-4-2-3-5-18(14)24-20/h2-5,12,15-16,24,29H,6-11,13H2,1H3,(H,25,26)/t15-,16+. The molecule has 31 heavy (non-hydrogen) atoms. The van der Waals surface area contributed by atoms with Crippen LogP contribution in [0.1, 0.15) is 57.9 Å². The predicted octanol–water partition coefficient (Wildman–Crippen LogP) is 2.46. The van der Waals surface area contributed by atoms with E-state index in [4.69, 9.17) is 0 Å². The number of carbonyl (C=O) groups is 2. The van der Waals surface area contributed by atoms with Crippen LogP contribution in [0.15, 0.2) is 30.3 Å². The fraction of sp³-hybridized carbons (Fsp3) is 0.435. The molecular formula is C23H27N5O3. The van der Waals surface area contributed by atoms with E-state index in [-0.39, 0.29) is 24.0 Å². The molecule has 0 bridgehead atoms. The smallest absolute Gasteiger partial charge is 0.274 e. The minimum atomic E-state index is -0.262. The minimum Gasteiger partial charge on any atom is -0.393 e. The van der Waals surface area contributed by atoms with Gasteiger partial charge in [-0.3, -0.25) is 14.7 Å². The number of aliphatic hydroxyl groups is 1. The molecule has 3 N–H and O–H groups in total. The third kappa shape index (κ3) is 3.61. The number of hydrogen-bond donors (Lipinski definition) is 3. The molecule has 1 aliphatic carbocycles. The quantitative estimate of drug-likeness (QED) is 0.604. The van der Waals surface area contributed by atoms with Gasteiger partial charge in [0.1, 0.15) is 5.69 Å². The highest BCUT2D eigenvalue weighted by molar-refractivity contribution is 5.98. The van der Waals surface area contributed by atoms with E-state index in [2.05, 4.69) is 15.2 Å². The monoisotopic (exact) mass is 421 g/mol. The molecule has 8 nitrogen and oxygen atoms in total. The molecule has 8 heteroatoms. The number of carbonyl (C=O) groups excluding carboxylic acids is 2. The number of aromatic amines is 2. The highest BCUT2D eigenvalue weighted by Gasteiger charge is 2.32. The molecule has 1 aromatic carbocycles. The van der Waals surface area contributed by atoms with E-state index >= 15 is 0 Å². The molecule has 0 saturated heterocycles. The molecular weight excluding hydrogens is 394 g/mol. The lowest BCUT2D eigenvalue weighted by molar-refractivity contribution is 0.0560. The van der Waals surface area contributed by atoms with Crippen molar-refractivity contribution in [3.05, 3.63) is 53.0 Å². The number of para-hydroxylation sites is 1. The molecule has 0 spiro atoms. The summed E-state index contributed by atoms with van der Waals surface area (Å²) in [6.45, 7) is 0.936. The van der Waals surface area contributed by atoms with Gasteiger partial charge in [0.25, 0.3) is 11.8 Å². The molecule has 3 heterocycles. The van der Waals surface area contributed by atoms with Gasteiger partial charge in [-0.25, -0.2) is 0 Å². The van der Waals surface area contributed by atoms with Crippen LogP contribution in [0.3, 0.4) is 0 Å². The molecule has 0 unspecified atom stereocenters.